The molecule has 1 fully saturated rings. The van der Waals surface area contributed by atoms with Crippen LogP contribution >= 0.6 is 11.8 Å². The zero-order chi connectivity index (χ0) is 10.7. The van der Waals surface area contributed by atoms with Crippen molar-refractivity contribution in [2.45, 2.75) is 0 Å². The largest absolute Gasteiger partial charge is 0.375 e. The molecule has 2 rings (SSSR count). The number of benzene rings is 1. The highest BCUT2D eigenvalue weighted by Gasteiger charge is 2.12. The summed E-state index contributed by atoms with van der Waals surface area (Å²) in [6, 6.07) is 9.25. The van der Waals surface area contributed by atoms with Crippen LogP contribution in [0.15, 0.2) is 52.9 Å². The highest BCUT2D eigenvalue weighted by molar-refractivity contribution is 8.07. The van der Waals surface area contributed by atoms with Crippen LogP contribution in [-0.4, -0.2) is 12.3 Å². The number of hydrogen-bond acceptors (Lipinski definition) is 3. The van der Waals surface area contributed by atoms with Crippen molar-refractivity contribution in [3.63, 3.8) is 0 Å². The Hall–Kier alpha value is -1.48. The van der Waals surface area contributed by atoms with Crippen LogP contribution in [0.1, 0.15) is 10.4 Å². The molecule has 1 aromatic carbocycles. The summed E-state index contributed by atoms with van der Waals surface area (Å²) in [5, 5.41) is 3.99. The number of rotatable bonds is 2. The Morgan fingerprint density at radius 2 is 2.13 bits per heavy atom. The maximum atomic E-state index is 11.7. The summed E-state index contributed by atoms with van der Waals surface area (Å²) in [5.74, 6) is 0.0281. The van der Waals surface area contributed by atoms with E-state index in [-0.39, 0.29) is 5.78 Å². The first-order chi connectivity index (χ1) is 7.25. The molecule has 1 aliphatic heterocycles. The van der Waals surface area contributed by atoms with Crippen LogP contribution in [0.3, 0.4) is 0 Å². The predicted molar refractivity (Wildman–Crippen MR) is 63.6 cm³/mol. The van der Waals surface area contributed by atoms with E-state index < -0.39 is 0 Å². The third-order valence-electron chi connectivity index (χ3n) is 2.03. The molecule has 0 saturated carbocycles. The number of carbonyl (C=O) groups is 1. The van der Waals surface area contributed by atoms with Crippen molar-refractivity contribution in [1.82, 2.24) is 5.32 Å². The molecule has 0 unspecified atom stereocenters. The number of hydrogen-bond donors (Lipinski definition) is 1. The Morgan fingerprint density at radius 3 is 2.73 bits per heavy atom. The van der Waals surface area contributed by atoms with Gasteiger partial charge in [0, 0.05) is 23.1 Å². The third kappa shape index (κ3) is 2.50. The van der Waals surface area contributed by atoms with Crippen LogP contribution in [0.5, 0.6) is 0 Å². The number of thioether (sulfide) groups is 1. The van der Waals surface area contributed by atoms with E-state index in [0.29, 0.717) is 5.56 Å². The van der Waals surface area contributed by atoms with Gasteiger partial charge < -0.3 is 5.32 Å². The molecule has 0 atom stereocenters. The van der Waals surface area contributed by atoms with E-state index in [4.69, 9.17) is 0 Å². The molecule has 0 bridgehead atoms. The molecule has 0 radical (unpaired) electrons. The molecule has 1 N–H and O–H groups in total. The average molecular weight is 217 g/mol. The lowest BCUT2D eigenvalue weighted by atomic mass is 10.1. The quantitative estimate of drug-likeness (QED) is 0.609. The van der Waals surface area contributed by atoms with E-state index in [1.54, 1.807) is 6.08 Å². The molecule has 15 heavy (non-hydrogen) atoms. The topological polar surface area (TPSA) is 29.1 Å². The van der Waals surface area contributed by atoms with Crippen molar-refractivity contribution in [3.8, 4) is 0 Å². The average Bonchev–Trinajstić information content (AvgIpc) is 2.65. The zero-order valence-corrected chi connectivity index (χ0v) is 9.01. The molecule has 0 spiro atoms. The van der Waals surface area contributed by atoms with Crippen LogP contribution in [0.4, 0.5) is 0 Å². The van der Waals surface area contributed by atoms with Gasteiger partial charge in [-0.05, 0) is 0 Å². The van der Waals surface area contributed by atoms with Gasteiger partial charge >= 0.3 is 0 Å². The lowest BCUT2D eigenvalue weighted by molar-refractivity contribution is 0.104. The Balaban J connectivity index is 2.13. The summed E-state index contributed by atoms with van der Waals surface area (Å²) in [6.45, 7) is 4.58. The van der Waals surface area contributed by atoms with Crippen LogP contribution in [0.25, 0.3) is 0 Å². The van der Waals surface area contributed by atoms with Crippen molar-refractivity contribution >= 4 is 17.5 Å². The molecular formula is C12H11NOS. The standard InChI is InChI=1S/C12H11NOS/c1-9-8-13-12(15-9)7-11(14)10-5-3-2-4-6-10/h2-7,13H,1,8H2/b12-7+. The smallest absolute Gasteiger partial charge is 0.188 e. The van der Waals surface area contributed by atoms with Gasteiger partial charge in [-0.1, -0.05) is 48.7 Å². The minimum Gasteiger partial charge on any atom is -0.375 e. The monoisotopic (exact) mass is 217 g/mol. The van der Waals surface area contributed by atoms with Crippen molar-refractivity contribution < 1.29 is 4.79 Å². The lowest BCUT2D eigenvalue weighted by Gasteiger charge is -1.97. The van der Waals surface area contributed by atoms with E-state index >= 15 is 0 Å². The summed E-state index contributed by atoms with van der Waals surface area (Å²) < 4.78 is 0. The van der Waals surface area contributed by atoms with Gasteiger partial charge in [-0.3, -0.25) is 4.79 Å². The molecular weight excluding hydrogens is 206 g/mol. The number of nitrogens with one attached hydrogen (secondary N) is 1. The fourth-order valence-corrected chi connectivity index (χ4v) is 2.06. The van der Waals surface area contributed by atoms with Crippen LogP contribution < -0.4 is 5.32 Å². The van der Waals surface area contributed by atoms with Crippen LogP contribution in [0, 0.1) is 0 Å². The molecule has 0 amide bonds. The number of allylic oxidation sites excluding steroid dienone is 1. The van der Waals surface area contributed by atoms with E-state index in [1.807, 2.05) is 30.3 Å². The van der Waals surface area contributed by atoms with Crippen molar-refractivity contribution in [1.29, 1.82) is 0 Å². The van der Waals surface area contributed by atoms with E-state index in [0.717, 1.165) is 16.5 Å². The second-order valence-corrected chi connectivity index (χ2v) is 4.45. The van der Waals surface area contributed by atoms with E-state index in [1.165, 1.54) is 11.8 Å². The fraction of sp³-hybridized carbons (Fsp3) is 0.0833. The first kappa shape index (κ1) is 10.1. The zero-order valence-electron chi connectivity index (χ0n) is 8.19. The van der Waals surface area contributed by atoms with Gasteiger partial charge in [0.2, 0.25) is 0 Å². The first-order valence-electron chi connectivity index (χ1n) is 4.66. The fourth-order valence-electron chi connectivity index (χ4n) is 1.30. The molecule has 1 aliphatic rings. The summed E-state index contributed by atoms with van der Waals surface area (Å²) in [4.78, 5) is 12.8. The molecule has 2 nitrogen and oxygen atoms in total. The molecule has 3 heteroatoms. The molecule has 1 heterocycles. The minimum absolute atomic E-state index is 0.0281. The SMILES string of the molecule is C=C1CN/C(=C\C(=O)c2ccccc2)S1. The Kier molecular flexibility index (Phi) is 2.92. The first-order valence-corrected chi connectivity index (χ1v) is 5.48. The summed E-state index contributed by atoms with van der Waals surface area (Å²) in [7, 11) is 0. The molecule has 0 aromatic heterocycles. The second-order valence-electron chi connectivity index (χ2n) is 3.23. The van der Waals surface area contributed by atoms with Gasteiger partial charge in [-0.2, -0.15) is 0 Å². The summed E-state index contributed by atoms with van der Waals surface area (Å²) in [5.41, 5.74) is 0.713. The van der Waals surface area contributed by atoms with Gasteiger partial charge in [0.1, 0.15) is 0 Å². The highest BCUT2D eigenvalue weighted by Crippen LogP contribution is 2.27. The lowest BCUT2D eigenvalue weighted by Crippen LogP contribution is -2.06. The number of carbonyl (C=O) groups excluding carboxylic acids is 1. The van der Waals surface area contributed by atoms with Gasteiger partial charge in [0.05, 0.1) is 5.03 Å². The normalized spacial score (nSPS) is 17.9. The van der Waals surface area contributed by atoms with Crippen molar-refractivity contribution in [2.75, 3.05) is 6.54 Å². The Bertz CT molecular complexity index is 423. The predicted octanol–water partition coefficient (Wildman–Crippen LogP) is 2.56. The summed E-state index contributed by atoms with van der Waals surface area (Å²) >= 11 is 1.52. The number of ketones is 1. The maximum Gasteiger partial charge on any atom is 0.188 e. The van der Waals surface area contributed by atoms with E-state index in [2.05, 4.69) is 11.9 Å². The van der Waals surface area contributed by atoms with E-state index in [9.17, 15) is 4.79 Å². The molecule has 1 aromatic rings. The van der Waals surface area contributed by atoms with Gasteiger partial charge in [0.15, 0.2) is 5.78 Å². The van der Waals surface area contributed by atoms with Crippen LogP contribution in [-0.2, 0) is 0 Å². The van der Waals surface area contributed by atoms with Crippen molar-refractivity contribution in [2.24, 2.45) is 0 Å². The summed E-state index contributed by atoms with van der Waals surface area (Å²) in [6.07, 6.45) is 1.62. The van der Waals surface area contributed by atoms with Crippen molar-refractivity contribution in [3.05, 3.63) is 58.5 Å². The maximum absolute atomic E-state index is 11.7. The van der Waals surface area contributed by atoms with Gasteiger partial charge in [-0.15, -0.1) is 0 Å². The molecule has 1 saturated heterocycles. The second kappa shape index (κ2) is 4.36. The third-order valence-corrected chi connectivity index (χ3v) is 2.95. The Morgan fingerprint density at radius 1 is 1.40 bits per heavy atom. The molecule has 0 aliphatic carbocycles. The Labute approximate surface area is 93.1 Å². The van der Waals surface area contributed by atoms with Crippen LogP contribution in [0.2, 0.25) is 0 Å². The highest BCUT2D eigenvalue weighted by atomic mass is 32.2. The van der Waals surface area contributed by atoms with Gasteiger partial charge in [0.25, 0.3) is 0 Å². The molecule has 76 valence electrons. The minimum atomic E-state index is 0.0281. The van der Waals surface area contributed by atoms with Gasteiger partial charge in [-0.25, -0.2) is 0 Å².